The summed E-state index contributed by atoms with van der Waals surface area (Å²) in [5.41, 5.74) is 2.50. The first-order chi connectivity index (χ1) is 14.6. The minimum Gasteiger partial charge on any atom is -0.348 e. The summed E-state index contributed by atoms with van der Waals surface area (Å²) in [7, 11) is 0. The number of hydrogen-bond donors (Lipinski definition) is 1. The van der Waals surface area contributed by atoms with Gasteiger partial charge in [-0.25, -0.2) is 0 Å². The summed E-state index contributed by atoms with van der Waals surface area (Å²) < 4.78 is 0. The zero-order valence-electron chi connectivity index (χ0n) is 16.6. The molecule has 0 saturated carbocycles. The average Bonchev–Trinajstić information content (AvgIpc) is 3.03. The van der Waals surface area contributed by atoms with Crippen LogP contribution < -0.4 is 5.32 Å². The van der Waals surface area contributed by atoms with E-state index < -0.39 is 17.9 Å². The summed E-state index contributed by atoms with van der Waals surface area (Å²) >= 11 is 0. The van der Waals surface area contributed by atoms with Gasteiger partial charge in [0.05, 0.1) is 17.2 Å². The van der Waals surface area contributed by atoms with Gasteiger partial charge in [0.2, 0.25) is 5.91 Å². The van der Waals surface area contributed by atoms with Crippen LogP contribution in [0.4, 0.5) is 0 Å². The molecule has 2 unspecified atom stereocenters. The molecular formula is C25H22N2O3. The molecular weight excluding hydrogens is 376 g/mol. The van der Waals surface area contributed by atoms with Crippen LogP contribution in [0.3, 0.4) is 0 Å². The van der Waals surface area contributed by atoms with E-state index in [1.54, 1.807) is 24.3 Å². The number of nitrogens with zero attached hydrogens (tertiary/aromatic N) is 1. The molecule has 1 heterocycles. The van der Waals surface area contributed by atoms with Crippen molar-refractivity contribution in [1.82, 2.24) is 10.2 Å². The second kappa shape index (κ2) is 8.33. The summed E-state index contributed by atoms with van der Waals surface area (Å²) in [4.78, 5) is 40.5. The van der Waals surface area contributed by atoms with E-state index in [1.165, 1.54) is 0 Å². The van der Waals surface area contributed by atoms with Crippen molar-refractivity contribution in [2.45, 2.75) is 25.4 Å². The first-order valence-electron chi connectivity index (χ1n) is 9.92. The lowest BCUT2D eigenvalue weighted by atomic mass is 10.0. The van der Waals surface area contributed by atoms with Crippen LogP contribution in [-0.2, 0) is 11.2 Å². The molecule has 0 bridgehead atoms. The maximum atomic E-state index is 13.3. The lowest BCUT2D eigenvalue weighted by Gasteiger charge is -2.27. The minimum atomic E-state index is -0.939. The minimum absolute atomic E-state index is 0.250. The van der Waals surface area contributed by atoms with Gasteiger partial charge < -0.3 is 5.32 Å². The number of rotatable bonds is 6. The summed E-state index contributed by atoms with van der Waals surface area (Å²) in [5.74, 6) is -1.22. The molecule has 3 aromatic rings. The fraction of sp³-hybridized carbons (Fsp3) is 0.160. The Morgan fingerprint density at radius 1 is 0.800 bits per heavy atom. The Bertz CT molecular complexity index is 1040. The number of carbonyl (C=O) groups is 3. The van der Waals surface area contributed by atoms with Crippen LogP contribution >= 0.6 is 0 Å². The third kappa shape index (κ3) is 3.74. The van der Waals surface area contributed by atoms with Crippen molar-refractivity contribution in [2.75, 3.05) is 0 Å². The second-order valence-electron chi connectivity index (χ2n) is 7.37. The number of nitrogens with one attached hydrogen (secondary N) is 1. The van der Waals surface area contributed by atoms with Crippen molar-refractivity contribution in [3.63, 3.8) is 0 Å². The highest BCUT2D eigenvalue weighted by atomic mass is 16.2. The Morgan fingerprint density at radius 3 is 1.87 bits per heavy atom. The number of amides is 3. The molecule has 150 valence electrons. The van der Waals surface area contributed by atoms with Gasteiger partial charge >= 0.3 is 0 Å². The molecule has 0 aliphatic carbocycles. The van der Waals surface area contributed by atoms with Crippen molar-refractivity contribution in [1.29, 1.82) is 0 Å². The molecule has 2 atom stereocenters. The quantitative estimate of drug-likeness (QED) is 0.643. The van der Waals surface area contributed by atoms with Gasteiger partial charge in [-0.15, -0.1) is 0 Å². The van der Waals surface area contributed by atoms with Gasteiger partial charge in [0.25, 0.3) is 11.8 Å². The largest absolute Gasteiger partial charge is 0.348 e. The highest BCUT2D eigenvalue weighted by molar-refractivity contribution is 6.22. The van der Waals surface area contributed by atoms with Gasteiger partial charge in [0.1, 0.15) is 6.04 Å². The standard InChI is InChI=1S/C25H22N2O3/c1-17(19-12-6-3-7-13-19)26-23(28)22(16-18-10-4-2-5-11-18)27-24(29)20-14-8-9-15-21(20)25(27)30/h2-15,17,22H,16H2,1H3,(H,26,28). The van der Waals surface area contributed by atoms with Gasteiger partial charge in [-0.1, -0.05) is 72.8 Å². The maximum absolute atomic E-state index is 13.3. The van der Waals surface area contributed by atoms with Crippen LogP contribution in [0.15, 0.2) is 84.9 Å². The molecule has 4 rings (SSSR count). The van der Waals surface area contributed by atoms with Crippen LogP contribution in [0, 0.1) is 0 Å². The second-order valence-corrected chi connectivity index (χ2v) is 7.37. The predicted octanol–water partition coefficient (Wildman–Crippen LogP) is 3.77. The first kappa shape index (κ1) is 19.6. The Labute approximate surface area is 175 Å². The fourth-order valence-electron chi connectivity index (χ4n) is 3.76. The van der Waals surface area contributed by atoms with E-state index in [0.29, 0.717) is 11.1 Å². The van der Waals surface area contributed by atoms with Crippen LogP contribution in [0.5, 0.6) is 0 Å². The lowest BCUT2D eigenvalue weighted by Crippen LogP contribution is -2.51. The maximum Gasteiger partial charge on any atom is 0.262 e. The summed E-state index contributed by atoms with van der Waals surface area (Å²) in [6.07, 6.45) is 0.250. The van der Waals surface area contributed by atoms with E-state index in [9.17, 15) is 14.4 Å². The molecule has 0 saturated heterocycles. The zero-order chi connectivity index (χ0) is 21.1. The molecule has 0 spiro atoms. The Balaban J connectivity index is 1.64. The molecule has 0 radical (unpaired) electrons. The number of hydrogen-bond acceptors (Lipinski definition) is 3. The van der Waals surface area contributed by atoms with Crippen molar-refractivity contribution in [3.8, 4) is 0 Å². The molecule has 3 aromatic carbocycles. The molecule has 3 amide bonds. The highest BCUT2D eigenvalue weighted by Gasteiger charge is 2.42. The Kier molecular flexibility index (Phi) is 5.44. The summed E-state index contributed by atoms with van der Waals surface area (Å²) in [5, 5.41) is 2.98. The number of fused-ring (bicyclic) bond motifs is 1. The first-order valence-corrected chi connectivity index (χ1v) is 9.92. The molecule has 1 N–H and O–H groups in total. The van der Waals surface area contributed by atoms with E-state index >= 15 is 0 Å². The zero-order valence-corrected chi connectivity index (χ0v) is 16.6. The summed E-state index contributed by atoms with van der Waals surface area (Å²) in [6.45, 7) is 1.88. The van der Waals surface area contributed by atoms with E-state index in [4.69, 9.17) is 0 Å². The van der Waals surface area contributed by atoms with Gasteiger partial charge in [0, 0.05) is 6.42 Å². The number of benzene rings is 3. The molecule has 5 heteroatoms. The van der Waals surface area contributed by atoms with Crippen LogP contribution in [0.25, 0.3) is 0 Å². The molecule has 30 heavy (non-hydrogen) atoms. The lowest BCUT2D eigenvalue weighted by molar-refractivity contribution is -0.125. The SMILES string of the molecule is CC(NC(=O)C(Cc1ccccc1)N1C(=O)c2ccccc2C1=O)c1ccccc1. The number of imide groups is 1. The van der Waals surface area contributed by atoms with Crippen LogP contribution in [0.1, 0.15) is 44.8 Å². The van der Waals surface area contributed by atoms with Crippen molar-refractivity contribution in [2.24, 2.45) is 0 Å². The van der Waals surface area contributed by atoms with E-state index in [1.807, 2.05) is 67.6 Å². The molecule has 0 aromatic heterocycles. The van der Waals surface area contributed by atoms with E-state index in [-0.39, 0.29) is 18.4 Å². The van der Waals surface area contributed by atoms with Gasteiger partial charge in [-0.3, -0.25) is 19.3 Å². The topological polar surface area (TPSA) is 66.5 Å². The van der Waals surface area contributed by atoms with Gasteiger partial charge in [-0.2, -0.15) is 0 Å². The number of carbonyl (C=O) groups excluding carboxylic acids is 3. The van der Waals surface area contributed by atoms with Gasteiger partial charge in [0.15, 0.2) is 0 Å². The smallest absolute Gasteiger partial charge is 0.262 e. The van der Waals surface area contributed by atoms with Crippen LogP contribution in [0.2, 0.25) is 0 Å². The molecule has 0 fully saturated rings. The highest BCUT2D eigenvalue weighted by Crippen LogP contribution is 2.26. The van der Waals surface area contributed by atoms with E-state index in [0.717, 1.165) is 16.0 Å². The fourth-order valence-corrected chi connectivity index (χ4v) is 3.76. The molecule has 5 nitrogen and oxygen atoms in total. The Hall–Kier alpha value is -3.73. The van der Waals surface area contributed by atoms with Crippen molar-refractivity contribution < 1.29 is 14.4 Å². The van der Waals surface area contributed by atoms with E-state index in [2.05, 4.69) is 5.32 Å². The third-order valence-corrected chi connectivity index (χ3v) is 5.37. The third-order valence-electron chi connectivity index (χ3n) is 5.37. The van der Waals surface area contributed by atoms with Crippen LogP contribution in [-0.4, -0.2) is 28.7 Å². The predicted molar refractivity (Wildman–Crippen MR) is 114 cm³/mol. The van der Waals surface area contributed by atoms with Crippen molar-refractivity contribution >= 4 is 17.7 Å². The molecule has 1 aliphatic rings. The molecule has 1 aliphatic heterocycles. The van der Waals surface area contributed by atoms with Crippen molar-refractivity contribution in [3.05, 3.63) is 107 Å². The summed E-state index contributed by atoms with van der Waals surface area (Å²) in [6, 6.07) is 24.5. The van der Waals surface area contributed by atoms with Gasteiger partial charge in [-0.05, 0) is 30.2 Å². The monoisotopic (exact) mass is 398 g/mol. The normalized spacial score (nSPS) is 14.9. The average molecular weight is 398 g/mol. The Morgan fingerprint density at radius 2 is 1.30 bits per heavy atom.